The zero-order chi connectivity index (χ0) is 25.3. The summed E-state index contributed by atoms with van der Waals surface area (Å²) in [6.45, 7) is 10.8. The van der Waals surface area contributed by atoms with Crippen molar-refractivity contribution in [3.8, 4) is 0 Å². The predicted octanol–water partition coefficient (Wildman–Crippen LogP) is 5.00. The van der Waals surface area contributed by atoms with Gasteiger partial charge in [0, 0.05) is 24.6 Å². The average Bonchev–Trinajstić information content (AvgIpc) is 3.11. The zero-order valence-corrected chi connectivity index (χ0v) is 21.3. The second kappa shape index (κ2) is 9.67. The van der Waals surface area contributed by atoms with Crippen molar-refractivity contribution >= 4 is 28.9 Å². The van der Waals surface area contributed by atoms with Crippen molar-refractivity contribution in [1.29, 1.82) is 0 Å². The molecule has 3 rings (SSSR count). The molecule has 2 aromatic rings. The number of alkyl halides is 2. The van der Waals surface area contributed by atoms with Gasteiger partial charge in [0.15, 0.2) is 5.65 Å². The molecule has 2 aromatic heterocycles. The number of rotatable bonds is 5. The molecule has 0 saturated heterocycles. The lowest BCUT2D eigenvalue weighted by atomic mass is 9.81. The van der Waals surface area contributed by atoms with Crippen LogP contribution in [0.25, 0.3) is 5.65 Å². The Labute approximate surface area is 201 Å². The van der Waals surface area contributed by atoms with Crippen LogP contribution in [-0.2, 0) is 15.7 Å². The SMILES string of the molecule is CC(C)(C)OC(=O)N[C@H](c1cn2ncc(C=N[S@](=O)C(C)(C)C)cc2n1)C1CCC(F)(F)CC1. The van der Waals surface area contributed by atoms with Gasteiger partial charge in [0.25, 0.3) is 0 Å². The minimum Gasteiger partial charge on any atom is -0.444 e. The Bertz CT molecular complexity index is 1080. The van der Waals surface area contributed by atoms with Gasteiger partial charge in [-0.25, -0.2) is 27.3 Å². The summed E-state index contributed by atoms with van der Waals surface area (Å²) >= 11 is 0. The first kappa shape index (κ1) is 26.2. The Balaban J connectivity index is 1.88. The van der Waals surface area contributed by atoms with Crippen molar-refractivity contribution in [3.63, 3.8) is 0 Å². The summed E-state index contributed by atoms with van der Waals surface area (Å²) in [5, 5.41) is 7.17. The fourth-order valence-electron chi connectivity index (χ4n) is 3.66. The summed E-state index contributed by atoms with van der Waals surface area (Å²) in [5.74, 6) is -2.90. The second-order valence-corrected chi connectivity index (χ2v) is 12.6. The zero-order valence-electron chi connectivity index (χ0n) is 20.5. The number of carbonyl (C=O) groups is 1. The van der Waals surface area contributed by atoms with Crippen molar-refractivity contribution in [2.75, 3.05) is 0 Å². The molecular weight excluding hydrogens is 464 g/mol. The van der Waals surface area contributed by atoms with E-state index in [2.05, 4.69) is 19.8 Å². The quantitative estimate of drug-likeness (QED) is 0.586. The molecule has 0 radical (unpaired) electrons. The van der Waals surface area contributed by atoms with Crippen LogP contribution in [0.5, 0.6) is 0 Å². The van der Waals surface area contributed by atoms with Gasteiger partial charge < -0.3 is 10.1 Å². The van der Waals surface area contributed by atoms with Gasteiger partial charge in [-0.3, -0.25) is 0 Å². The maximum Gasteiger partial charge on any atom is 0.408 e. The highest BCUT2D eigenvalue weighted by Crippen LogP contribution is 2.41. The fourth-order valence-corrected chi connectivity index (χ4v) is 4.19. The van der Waals surface area contributed by atoms with Crippen molar-refractivity contribution in [2.45, 2.75) is 89.5 Å². The molecule has 2 atom stereocenters. The van der Waals surface area contributed by atoms with Gasteiger partial charge in [-0.2, -0.15) is 9.50 Å². The van der Waals surface area contributed by atoms with E-state index in [0.29, 0.717) is 16.9 Å². The van der Waals surface area contributed by atoms with Crippen molar-refractivity contribution in [2.24, 2.45) is 10.3 Å². The molecule has 2 heterocycles. The van der Waals surface area contributed by atoms with Crippen LogP contribution in [-0.4, -0.2) is 47.4 Å². The van der Waals surface area contributed by atoms with Crippen LogP contribution >= 0.6 is 0 Å². The van der Waals surface area contributed by atoms with Gasteiger partial charge in [-0.05, 0) is 66.4 Å². The smallest absolute Gasteiger partial charge is 0.408 e. The normalized spacial score (nSPS) is 19.3. The van der Waals surface area contributed by atoms with Crippen LogP contribution in [0.3, 0.4) is 0 Å². The Hall–Kier alpha value is -2.43. The minimum atomic E-state index is -2.69. The number of nitrogens with zero attached hydrogens (tertiary/aromatic N) is 4. The van der Waals surface area contributed by atoms with Crippen molar-refractivity contribution in [1.82, 2.24) is 19.9 Å². The van der Waals surface area contributed by atoms with E-state index in [9.17, 15) is 17.8 Å². The molecule has 1 aliphatic rings. The molecule has 1 amide bonds. The van der Waals surface area contributed by atoms with Crippen molar-refractivity contribution in [3.05, 3.63) is 29.7 Å². The monoisotopic (exact) mass is 497 g/mol. The molecule has 188 valence electrons. The summed E-state index contributed by atoms with van der Waals surface area (Å²) in [4.78, 5) is 17.1. The summed E-state index contributed by atoms with van der Waals surface area (Å²) in [6, 6.07) is 1.14. The number of imidazole rings is 1. The Morgan fingerprint density at radius 2 is 1.94 bits per heavy atom. The van der Waals surface area contributed by atoms with Crippen LogP contribution in [0.4, 0.5) is 13.6 Å². The van der Waals surface area contributed by atoms with Gasteiger partial charge in [0.2, 0.25) is 5.92 Å². The van der Waals surface area contributed by atoms with Crippen LogP contribution in [0.15, 0.2) is 22.9 Å². The summed E-state index contributed by atoms with van der Waals surface area (Å²) < 4.78 is 50.3. The van der Waals surface area contributed by atoms with Crippen molar-refractivity contribution < 1.29 is 22.5 Å². The first-order valence-electron chi connectivity index (χ1n) is 11.3. The van der Waals surface area contributed by atoms with Crippen LogP contribution in [0.1, 0.15) is 84.5 Å². The molecule has 0 unspecified atom stereocenters. The number of aromatic nitrogens is 3. The van der Waals surface area contributed by atoms with E-state index in [0.717, 1.165) is 0 Å². The maximum absolute atomic E-state index is 13.8. The van der Waals surface area contributed by atoms with E-state index >= 15 is 0 Å². The van der Waals surface area contributed by atoms with Crippen LogP contribution < -0.4 is 5.32 Å². The molecule has 1 fully saturated rings. The molecule has 1 N–H and O–H groups in total. The summed E-state index contributed by atoms with van der Waals surface area (Å²) in [7, 11) is -1.41. The van der Waals surface area contributed by atoms with E-state index < -0.39 is 39.4 Å². The second-order valence-electron chi connectivity index (χ2n) is 10.7. The molecule has 1 aliphatic carbocycles. The third-order valence-corrected chi connectivity index (χ3v) is 6.75. The van der Waals surface area contributed by atoms with Gasteiger partial charge in [-0.1, -0.05) is 0 Å². The van der Waals surface area contributed by atoms with E-state index in [1.165, 1.54) is 6.21 Å². The van der Waals surface area contributed by atoms with Crippen LogP contribution in [0.2, 0.25) is 0 Å². The van der Waals surface area contributed by atoms with E-state index in [4.69, 9.17) is 4.74 Å². The number of nitrogens with one attached hydrogen (secondary N) is 1. The lowest BCUT2D eigenvalue weighted by Gasteiger charge is -2.33. The number of amides is 1. The van der Waals surface area contributed by atoms with Gasteiger partial charge in [-0.15, -0.1) is 0 Å². The van der Waals surface area contributed by atoms with Gasteiger partial charge >= 0.3 is 6.09 Å². The molecule has 1 saturated carbocycles. The predicted molar refractivity (Wildman–Crippen MR) is 127 cm³/mol. The molecule has 11 heteroatoms. The molecule has 0 bridgehead atoms. The average molecular weight is 498 g/mol. The van der Waals surface area contributed by atoms with Gasteiger partial charge in [0.1, 0.15) is 16.6 Å². The molecular formula is C23H33F2N5O3S. The summed E-state index contributed by atoms with van der Waals surface area (Å²) in [6.07, 6.45) is 4.15. The first-order chi connectivity index (χ1) is 15.6. The first-order valence-corrected chi connectivity index (χ1v) is 12.4. The third-order valence-electron chi connectivity index (χ3n) is 5.41. The molecule has 8 nitrogen and oxygen atoms in total. The highest BCUT2D eigenvalue weighted by molar-refractivity contribution is 7.85. The number of hydrogen-bond acceptors (Lipinski definition) is 5. The molecule has 34 heavy (non-hydrogen) atoms. The largest absolute Gasteiger partial charge is 0.444 e. The van der Waals surface area contributed by atoms with Gasteiger partial charge in [0.05, 0.1) is 28.9 Å². The number of ether oxygens (including phenoxy) is 1. The highest BCUT2D eigenvalue weighted by Gasteiger charge is 2.39. The Morgan fingerprint density at radius 3 is 2.53 bits per heavy atom. The minimum absolute atomic E-state index is 0.215. The topological polar surface area (TPSA) is 98.0 Å². The molecule has 0 aromatic carbocycles. The number of alkyl carbamates (subject to hydrolysis) is 1. The summed E-state index contributed by atoms with van der Waals surface area (Å²) in [5.41, 5.74) is 0.936. The Morgan fingerprint density at radius 1 is 1.29 bits per heavy atom. The van der Waals surface area contributed by atoms with E-state index in [-0.39, 0.29) is 31.6 Å². The number of halogens is 2. The van der Waals surface area contributed by atoms with E-state index in [1.54, 1.807) is 43.7 Å². The molecule has 0 aliphatic heterocycles. The Kier molecular flexibility index (Phi) is 7.45. The lowest BCUT2D eigenvalue weighted by molar-refractivity contribution is -0.0500. The van der Waals surface area contributed by atoms with E-state index in [1.807, 2.05) is 20.8 Å². The third kappa shape index (κ3) is 7.04. The molecule has 0 spiro atoms. The highest BCUT2D eigenvalue weighted by atomic mass is 32.2. The lowest BCUT2D eigenvalue weighted by Crippen LogP contribution is -2.40. The number of hydrogen-bond donors (Lipinski definition) is 1. The standard InChI is InChI=1S/C23H33F2N5O3S/c1-21(2,3)33-20(31)29-19(16-7-9-23(24,25)10-8-16)17-14-30-18(28-17)11-15(12-26-30)13-27-34(32)22(4,5)6/h11-14,16,19H,7-10H2,1-6H3,(H,29,31)/t19-,34+/m0/s1. The number of fused-ring (bicyclic) bond motifs is 1. The fraction of sp³-hybridized carbons (Fsp3) is 0.652. The number of carbonyl (C=O) groups excluding carboxylic acids is 1. The maximum atomic E-state index is 13.8. The van der Waals surface area contributed by atoms with Crippen LogP contribution in [0, 0.1) is 5.92 Å².